The van der Waals surface area contributed by atoms with Gasteiger partial charge >= 0.3 is 18.2 Å². The van der Waals surface area contributed by atoms with Crippen molar-refractivity contribution in [3.05, 3.63) is 59.3 Å². The van der Waals surface area contributed by atoms with Gasteiger partial charge in [0.2, 0.25) is 5.82 Å². The van der Waals surface area contributed by atoms with Crippen LogP contribution in [0.3, 0.4) is 0 Å². The summed E-state index contributed by atoms with van der Waals surface area (Å²) in [5.41, 5.74) is -0.0797. The standard InChI is InChI=1S/C19H18F3N3O4/c20-19(21,22)15-4-1-13(2-5-15)12-25(9-7-24(8-10-25)18(28)29)16-6-3-14(11-23-16)17(26)27/h1-6,11H,7-10,12H2,(H-,26,27,28,29)/p+1. The molecule has 0 saturated carbocycles. The third-order valence-electron chi connectivity index (χ3n) is 5.11. The molecule has 0 unspecified atom stereocenters. The van der Waals surface area contributed by atoms with Crippen molar-refractivity contribution in [3.63, 3.8) is 0 Å². The second-order valence-corrected chi connectivity index (χ2v) is 6.93. The van der Waals surface area contributed by atoms with E-state index < -0.39 is 23.8 Å². The first-order valence-electron chi connectivity index (χ1n) is 8.81. The van der Waals surface area contributed by atoms with Crippen molar-refractivity contribution in [2.24, 2.45) is 0 Å². The number of quaternary nitrogens is 1. The lowest BCUT2D eigenvalue weighted by molar-refractivity contribution is -0.137. The molecule has 2 heterocycles. The molecule has 0 atom stereocenters. The van der Waals surface area contributed by atoms with Crippen molar-refractivity contribution in [1.82, 2.24) is 14.4 Å². The van der Waals surface area contributed by atoms with Crippen molar-refractivity contribution >= 4 is 17.9 Å². The van der Waals surface area contributed by atoms with E-state index in [0.717, 1.165) is 12.1 Å². The zero-order valence-corrected chi connectivity index (χ0v) is 15.3. The van der Waals surface area contributed by atoms with Crippen molar-refractivity contribution < 1.29 is 33.0 Å². The Morgan fingerprint density at radius 1 is 1.03 bits per heavy atom. The number of halogens is 3. The summed E-state index contributed by atoms with van der Waals surface area (Å²) in [6.45, 7) is 1.52. The summed E-state index contributed by atoms with van der Waals surface area (Å²) >= 11 is 0. The van der Waals surface area contributed by atoms with Gasteiger partial charge in [0.1, 0.15) is 19.6 Å². The van der Waals surface area contributed by atoms with E-state index in [4.69, 9.17) is 5.11 Å². The molecule has 29 heavy (non-hydrogen) atoms. The molecule has 1 saturated heterocycles. The number of amides is 1. The van der Waals surface area contributed by atoms with Crippen LogP contribution in [0.15, 0.2) is 42.6 Å². The van der Waals surface area contributed by atoms with Crippen LogP contribution in [0.4, 0.5) is 23.8 Å². The van der Waals surface area contributed by atoms with Crippen molar-refractivity contribution in [1.29, 1.82) is 0 Å². The van der Waals surface area contributed by atoms with Gasteiger partial charge in [-0.2, -0.15) is 13.2 Å². The Kier molecular flexibility index (Phi) is 5.47. The molecule has 1 aromatic heterocycles. The molecule has 1 fully saturated rings. The molecule has 0 spiro atoms. The molecule has 2 N–H and O–H groups in total. The Hall–Kier alpha value is -3.14. The molecular weight excluding hydrogens is 391 g/mol. The van der Waals surface area contributed by atoms with Gasteiger partial charge in [-0.3, -0.25) is 9.38 Å². The molecule has 0 bridgehead atoms. The minimum Gasteiger partial charge on any atom is -0.478 e. The molecule has 1 amide bonds. The van der Waals surface area contributed by atoms with Crippen molar-refractivity contribution in [2.75, 3.05) is 26.2 Å². The van der Waals surface area contributed by atoms with Crippen LogP contribution in [-0.4, -0.2) is 58.3 Å². The number of rotatable bonds is 4. The van der Waals surface area contributed by atoms with Crippen LogP contribution < -0.4 is 4.48 Å². The highest BCUT2D eigenvalue weighted by molar-refractivity contribution is 5.87. The number of aromatic carboxylic acids is 1. The third-order valence-corrected chi connectivity index (χ3v) is 5.11. The van der Waals surface area contributed by atoms with Gasteiger partial charge in [0.05, 0.1) is 24.2 Å². The summed E-state index contributed by atoms with van der Waals surface area (Å²) in [5, 5.41) is 18.3. The summed E-state index contributed by atoms with van der Waals surface area (Å²) in [4.78, 5) is 27.9. The predicted molar refractivity (Wildman–Crippen MR) is 97.5 cm³/mol. The van der Waals surface area contributed by atoms with Crippen LogP contribution in [-0.2, 0) is 12.7 Å². The molecule has 1 aliphatic heterocycles. The molecule has 3 rings (SSSR count). The highest BCUT2D eigenvalue weighted by atomic mass is 19.4. The average Bonchev–Trinajstić information content (AvgIpc) is 2.68. The van der Waals surface area contributed by atoms with Crippen LogP contribution in [0.1, 0.15) is 21.5 Å². The summed E-state index contributed by atoms with van der Waals surface area (Å²) in [6, 6.07) is 7.82. The molecule has 154 valence electrons. The molecular formula is C19H19F3N3O4+. The summed E-state index contributed by atoms with van der Waals surface area (Å²) in [5.74, 6) is -0.575. The Morgan fingerprint density at radius 2 is 1.66 bits per heavy atom. The first-order chi connectivity index (χ1) is 13.6. The van der Waals surface area contributed by atoms with E-state index in [1.807, 2.05) is 0 Å². The van der Waals surface area contributed by atoms with Gasteiger partial charge in [-0.1, -0.05) is 12.1 Å². The van der Waals surface area contributed by atoms with Crippen LogP contribution >= 0.6 is 0 Å². The fourth-order valence-electron chi connectivity index (χ4n) is 3.45. The summed E-state index contributed by atoms with van der Waals surface area (Å²) < 4.78 is 38.7. The molecule has 2 aromatic rings. The lowest BCUT2D eigenvalue weighted by atomic mass is 10.1. The normalized spacial score (nSPS) is 16.4. The minimum absolute atomic E-state index is 0.0191. The number of hydrogen-bond donors (Lipinski definition) is 2. The van der Waals surface area contributed by atoms with Crippen molar-refractivity contribution in [3.8, 4) is 0 Å². The second kappa shape index (κ2) is 7.70. The van der Waals surface area contributed by atoms with Crippen molar-refractivity contribution in [2.45, 2.75) is 12.7 Å². The van der Waals surface area contributed by atoms with E-state index in [2.05, 4.69) is 4.98 Å². The number of alkyl halides is 3. The number of benzene rings is 1. The van der Waals surface area contributed by atoms with Gasteiger partial charge in [-0.05, 0) is 18.2 Å². The molecule has 7 nitrogen and oxygen atoms in total. The summed E-state index contributed by atoms with van der Waals surface area (Å²) in [7, 11) is 0. The van der Waals surface area contributed by atoms with Gasteiger partial charge < -0.3 is 10.2 Å². The SMILES string of the molecule is O=C(O)c1ccc([N+]2(Cc3ccc(C(F)(F)F)cc3)CCN(C(=O)O)CC2)nc1. The average molecular weight is 410 g/mol. The maximum atomic E-state index is 12.8. The number of pyridine rings is 1. The maximum absolute atomic E-state index is 12.8. The number of aromatic nitrogens is 1. The Bertz CT molecular complexity index is 890. The Balaban J connectivity index is 1.91. The van der Waals surface area contributed by atoms with E-state index in [1.165, 1.54) is 29.3 Å². The lowest BCUT2D eigenvalue weighted by Crippen LogP contribution is -2.61. The van der Waals surface area contributed by atoms with Gasteiger partial charge in [-0.25, -0.2) is 14.6 Å². The number of carboxylic acid groups (broad SMARTS) is 2. The van der Waals surface area contributed by atoms with Crippen LogP contribution in [0.25, 0.3) is 0 Å². The first-order valence-corrected chi connectivity index (χ1v) is 8.81. The van der Waals surface area contributed by atoms with Crippen LogP contribution in [0, 0.1) is 0 Å². The topological polar surface area (TPSA) is 90.7 Å². The minimum atomic E-state index is -4.42. The lowest BCUT2D eigenvalue weighted by Gasteiger charge is -2.42. The van der Waals surface area contributed by atoms with Gasteiger partial charge in [0, 0.05) is 17.8 Å². The Labute approximate surface area is 164 Å². The third kappa shape index (κ3) is 4.48. The largest absolute Gasteiger partial charge is 0.478 e. The van der Waals surface area contributed by atoms with Gasteiger partial charge in [0.25, 0.3) is 0 Å². The van der Waals surface area contributed by atoms with E-state index in [1.54, 1.807) is 6.07 Å². The fraction of sp³-hybridized carbons (Fsp3) is 0.316. The highest BCUT2D eigenvalue weighted by Gasteiger charge is 2.38. The predicted octanol–water partition coefficient (Wildman–Crippen LogP) is 3.30. The summed E-state index contributed by atoms with van der Waals surface area (Å²) in [6.07, 6.45) is -4.23. The van der Waals surface area contributed by atoms with Gasteiger partial charge in [-0.15, -0.1) is 0 Å². The molecule has 0 radical (unpaired) electrons. The molecule has 1 aliphatic rings. The number of piperazine rings is 1. The van der Waals surface area contributed by atoms with Crippen LogP contribution in [0.2, 0.25) is 0 Å². The molecule has 10 heteroatoms. The van der Waals surface area contributed by atoms with Gasteiger partial charge in [0.15, 0.2) is 0 Å². The van der Waals surface area contributed by atoms with E-state index in [0.29, 0.717) is 31.0 Å². The number of carboxylic acids is 1. The number of carbonyl (C=O) groups is 2. The molecule has 1 aromatic carbocycles. The number of hydrogen-bond acceptors (Lipinski definition) is 3. The fourth-order valence-corrected chi connectivity index (χ4v) is 3.45. The maximum Gasteiger partial charge on any atom is 0.416 e. The highest BCUT2D eigenvalue weighted by Crippen LogP contribution is 2.31. The Morgan fingerprint density at radius 3 is 2.10 bits per heavy atom. The number of nitrogens with zero attached hydrogens (tertiary/aromatic N) is 3. The molecule has 0 aliphatic carbocycles. The monoisotopic (exact) mass is 410 g/mol. The van der Waals surface area contributed by atoms with E-state index in [-0.39, 0.29) is 23.1 Å². The quantitative estimate of drug-likeness (QED) is 0.755. The smallest absolute Gasteiger partial charge is 0.416 e. The van der Waals surface area contributed by atoms with E-state index in [9.17, 15) is 27.9 Å². The zero-order valence-electron chi connectivity index (χ0n) is 15.3. The first kappa shape index (κ1) is 20.6. The zero-order chi connectivity index (χ0) is 21.2. The van der Waals surface area contributed by atoms with Crippen LogP contribution in [0.5, 0.6) is 0 Å². The second-order valence-electron chi connectivity index (χ2n) is 6.93. The van der Waals surface area contributed by atoms with E-state index >= 15 is 0 Å².